The third kappa shape index (κ3) is 3.98. The summed E-state index contributed by atoms with van der Waals surface area (Å²) in [6, 6.07) is 6.41. The van der Waals surface area contributed by atoms with Crippen molar-refractivity contribution in [2.24, 2.45) is 0 Å². The average Bonchev–Trinajstić information content (AvgIpc) is 2.26. The Morgan fingerprint density at radius 2 is 1.95 bits per heavy atom. The van der Waals surface area contributed by atoms with Crippen molar-refractivity contribution in [2.45, 2.75) is 52.5 Å². The maximum absolute atomic E-state index is 10.8. The zero-order valence-corrected chi connectivity index (χ0v) is 12.8. The fraction of sp³-hybridized carbons (Fsp3) is 0.562. The number of carbonyl (C=O) groups is 1. The molecular weight excluding hydrogens is 238 g/mol. The Hall–Kier alpha value is -1.51. The lowest BCUT2D eigenvalue weighted by molar-refractivity contribution is -0.137. The summed E-state index contributed by atoms with van der Waals surface area (Å²) in [5, 5.41) is 8.91. The summed E-state index contributed by atoms with van der Waals surface area (Å²) in [5.74, 6) is -0.760. The average molecular weight is 263 g/mol. The molecule has 0 saturated carbocycles. The van der Waals surface area contributed by atoms with E-state index < -0.39 is 5.97 Å². The van der Waals surface area contributed by atoms with Gasteiger partial charge in [0.25, 0.3) is 0 Å². The highest BCUT2D eigenvalue weighted by molar-refractivity contribution is 5.68. The van der Waals surface area contributed by atoms with Crippen molar-refractivity contribution < 1.29 is 9.90 Å². The summed E-state index contributed by atoms with van der Waals surface area (Å²) in [6.07, 6.45) is 0.148. The maximum atomic E-state index is 10.8. The first kappa shape index (κ1) is 15.5. The molecule has 0 saturated heterocycles. The van der Waals surface area contributed by atoms with Gasteiger partial charge in [-0.25, -0.2) is 0 Å². The normalized spacial score (nSPS) is 13.2. The molecule has 0 spiro atoms. The molecule has 0 fully saturated rings. The molecule has 0 aromatic heterocycles. The largest absolute Gasteiger partial charge is 0.481 e. The summed E-state index contributed by atoms with van der Waals surface area (Å²) in [6.45, 7) is 10.6. The molecule has 1 aromatic carbocycles. The summed E-state index contributed by atoms with van der Waals surface area (Å²) in [5.41, 5.74) is 3.65. The summed E-state index contributed by atoms with van der Waals surface area (Å²) < 4.78 is 0. The predicted molar refractivity (Wildman–Crippen MR) is 80.0 cm³/mol. The van der Waals surface area contributed by atoms with E-state index in [1.807, 2.05) is 14.0 Å². The molecule has 3 heteroatoms. The fourth-order valence-electron chi connectivity index (χ4n) is 2.08. The molecule has 1 unspecified atom stereocenters. The van der Waals surface area contributed by atoms with Crippen LogP contribution in [0.15, 0.2) is 18.2 Å². The molecule has 0 aliphatic carbocycles. The lowest BCUT2D eigenvalue weighted by atomic mass is 9.86. The SMILES string of the molecule is Cc1ccc(C(C)(C)C)cc1N(C)C(C)CC(=O)O. The van der Waals surface area contributed by atoms with Crippen LogP contribution in [-0.2, 0) is 10.2 Å². The molecule has 1 atom stereocenters. The van der Waals surface area contributed by atoms with E-state index in [0.717, 1.165) is 5.69 Å². The van der Waals surface area contributed by atoms with Gasteiger partial charge in [-0.15, -0.1) is 0 Å². The zero-order valence-electron chi connectivity index (χ0n) is 12.8. The van der Waals surface area contributed by atoms with Gasteiger partial charge >= 0.3 is 5.97 Å². The van der Waals surface area contributed by atoms with Gasteiger partial charge in [0.05, 0.1) is 6.42 Å². The van der Waals surface area contributed by atoms with Crippen molar-refractivity contribution in [1.29, 1.82) is 0 Å². The molecule has 0 heterocycles. The van der Waals surface area contributed by atoms with Gasteiger partial charge in [-0.05, 0) is 36.5 Å². The second kappa shape index (κ2) is 5.64. The molecule has 1 N–H and O–H groups in total. The Morgan fingerprint density at radius 1 is 1.37 bits per heavy atom. The molecule has 3 nitrogen and oxygen atoms in total. The van der Waals surface area contributed by atoms with Crippen molar-refractivity contribution in [3.63, 3.8) is 0 Å². The first-order valence-corrected chi connectivity index (χ1v) is 6.68. The first-order valence-electron chi connectivity index (χ1n) is 6.68. The van der Waals surface area contributed by atoms with Gasteiger partial charge in [0, 0.05) is 18.8 Å². The van der Waals surface area contributed by atoms with E-state index in [1.165, 1.54) is 11.1 Å². The number of hydrogen-bond acceptors (Lipinski definition) is 2. The minimum absolute atomic E-state index is 0.0218. The molecule has 19 heavy (non-hydrogen) atoms. The van der Waals surface area contributed by atoms with Gasteiger partial charge in [-0.1, -0.05) is 32.9 Å². The highest BCUT2D eigenvalue weighted by Crippen LogP contribution is 2.29. The molecule has 106 valence electrons. The van der Waals surface area contributed by atoms with Gasteiger partial charge in [0.15, 0.2) is 0 Å². The Morgan fingerprint density at radius 3 is 2.42 bits per heavy atom. The van der Waals surface area contributed by atoms with Crippen molar-refractivity contribution in [2.75, 3.05) is 11.9 Å². The molecule has 0 amide bonds. The molecule has 0 radical (unpaired) electrons. The summed E-state index contributed by atoms with van der Waals surface area (Å²) >= 11 is 0. The van der Waals surface area contributed by atoms with Gasteiger partial charge in [0.1, 0.15) is 0 Å². The Balaban J connectivity index is 3.08. The number of anilines is 1. The predicted octanol–water partition coefficient (Wildman–Crippen LogP) is 3.59. The molecule has 0 aliphatic rings. The lowest BCUT2D eigenvalue weighted by Crippen LogP contribution is -2.31. The van der Waals surface area contributed by atoms with Crippen LogP contribution in [0.25, 0.3) is 0 Å². The van der Waals surface area contributed by atoms with Crippen LogP contribution in [0.1, 0.15) is 45.2 Å². The highest BCUT2D eigenvalue weighted by atomic mass is 16.4. The van der Waals surface area contributed by atoms with E-state index >= 15 is 0 Å². The van der Waals surface area contributed by atoms with Crippen molar-refractivity contribution in [1.82, 2.24) is 0 Å². The van der Waals surface area contributed by atoms with Crippen molar-refractivity contribution in [3.05, 3.63) is 29.3 Å². The smallest absolute Gasteiger partial charge is 0.305 e. The molecule has 0 aliphatic heterocycles. The van der Waals surface area contributed by atoms with Crippen LogP contribution in [0, 0.1) is 6.92 Å². The van der Waals surface area contributed by atoms with E-state index in [-0.39, 0.29) is 17.9 Å². The summed E-state index contributed by atoms with van der Waals surface area (Å²) in [7, 11) is 1.96. The molecule has 1 rings (SSSR count). The van der Waals surface area contributed by atoms with Crippen LogP contribution in [-0.4, -0.2) is 24.2 Å². The number of benzene rings is 1. The monoisotopic (exact) mass is 263 g/mol. The van der Waals surface area contributed by atoms with Crippen molar-refractivity contribution in [3.8, 4) is 0 Å². The van der Waals surface area contributed by atoms with E-state index in [0.29, 0.717) is 0 Å². The van der Waals surface area contributed by atoms with Crippen LogP contribution in [0.3, 0.4) is 0 Å². The van der Waals surface area contributed by atoms with E-state index in [9.17, 15) is 4.79 Å². The quantitative estimate of drug-likeness (QED) is 0.902. The number of nitrogens with zero attached hydrogens (tertiary/aromatic N) is 1. The fourth-order valence-corrected chi connectivity index (χ4v) is 2.08. The number of carboxylic acid groups (broad SMARTS) is 1. The third-order valence-electron chi connectivity index (χ3n) is 3.59. The van der Waals surface area contributed by atoms with E-state index in [4.69, 9.17) is 5.11 Å². The molecular formula is C16H25NO2. The molecule has 1 aromatic rings. The van der Waals surface area contributed by atoms with Crippen molar-refractivity contribution >= 4 is 11.7 Å². The Labute approximate surface area is 116 Å². The van der Waals surface area contributed by atoms with Crippen LogP contribution in [0.4, 0.5) is 5.69 Å². The van der Waals surface area contributed by atoms with Crippen LogP contribution in [0.5, 0.6) is 0 Å². The third-order valence-corrected chi connectivity index (χ3v) is 3.59. The maximum Gasteiger partial charge on any atom is 0.305 e. The van der Waals surface area contributed by atoms with Crippen LogP contribution in [0.2, 0.25) is 0 Å². The molecule has 0 bridgehead atoms. The number of hydrogen-bond donors (Lipinski definition) is 1. The van der Waals surface area contributed by atoms with Gasteiger partial charge in [-0.3, -0.25) is 4.79 Å². The second-order valence-corrected chi connectivity index (χ2v) is 6.31. The lowest BCUT2D eigenvalue weighted by Gasteiger charge is -2.29. The second-order valence-electron chi connectivity index (χ2n) is 6.31. The van der Waals surface area contributed by atoms with Gasteiger partial charge in [-0.2, -0.15) is 0 Å². The Kier molecular flexibility index (Phi) is 4.61. The van der Waals surface area contributed by atoms with E-state index in [2.05, 4.69) is 50.8 Å². The van der Waals surface area contributed by atoms with Crippen LogP contribution < -0.4 is 4.90 Å². The van der Waals surface area contributed by atoms with Gasteiger partial charge in [0.2, 0.25) is 0 Å². The topological polar surface area (TPSA) is 40.5 Å². The minimum Gasteiger partial charge on any atom is -0.481 e. The number of carboxylic acids is 1. The minimum atomic E-state index is -0.760. The Bertz CT molecular complexity index is 460. The number of aryl methyl sites for hydroxylation is 1. The van der Waals surface area contributed by atoms with Crippen LogP contribution >= 0.6 is 0 Å². The summed E-state index contributed by atoms with van der Waals surface area (Å²) in [4.78, 5) is 12.9. The van der Waals surface area contributed by atoms with E-state index in [1.54, 1.807) is 0 Å². The number of rotatable bonds is 4. The first-order chi connectivity index (χ1) is 8.62. The van der Waals surface area contributed by atoms with Gasteiger partial charge < -0.3 is 10.0 Å². The standard InChI is InChI=1S/C16H25NO2/c1-11-7-8-13(16(3,4)5)10-14(11)17(6)12(2)9-15(18)19/h7-8,10,12H,9H2,1-6H3,(H,18,19). The zero-order chi connectivity index (χ0) is 14.8. The number of aliphatic carboxylic acids is 1. The highest BCUT2D eigenvalue weighted by Gasteiger charge is 2.19.